The molecule has 2 aromatic rings. The number of amides is 3. The number of carbonyl (C=O) groups is 4. The van der Waals surface area contributed by atoms with Gasteiger partial charge in [0.2, 0.25) is 5.91 Å². The second kappa shape index (κ2) is 10.1. The van der Waals surface area contributed by atoms with Crippen LogP contribution in [0, 0.1) is 0 Å². The molecule has 0 saturated carbocycles. The Kier molecular flexibility index (Phi) is 7.53. The van der Waals surface area contributed by atoms with Crippen LogP contribution in [0.2, 0.25) is 5.02 Å². The summed E-state index contributed by atoms with van der Waals surface area (Å²) in [6, 6.07) is 11.6. The molecule has 0 spiro atoms. The van der Waals surface area contributed by atoms with Gasteiger partial charge >= 0.3 is 5.97 Å². The number of benzene rings is 2. The topological polar surface area (TPSA) is 92.8 Å². The Labute approximate surface area is 195 Å². The van der Waals surface area contributed by atoms with Gasteiger partial charge in [-0.25, -0.2) is 4.79 Å². The van der Waals surface area contributed by atoms with Gasteiger partial charge in [-0.2, -0.15) is 0 Å². The summed E-state index contributed by atoms with van der Waals surface area (Å²) < 4.78 is 5.76. The molecule has 7 nitrogen and oxygen atoms in total. The Morgan fingerprint density at radius 1 is 1.23 bits per heavy atom. The first-order valence-electron chi connectivity index (χ1n) is 9.06. The lowest BCUT2D eigenvalue weighted by Crippen LogP contribution is -2.36. The van der Waals surface area contributed by atoms with E-state index in [9.17, 15) is 19.2 Å². The Balaban J connectivity index is 1.69. The van der Waals surface area contributed by atoms with E-state index in [-0.39, 0.29) is 27.8 Å². The number of nitrogens with one attached hydrogen (secondary N) is 1. The van der Waals surface area contributed by atoms with Crippen LogP contribution >= 0.6 is 39.3 Å². The Bertz CT molecular complexity index is 1100. The van der Waals surface area contributed by atoms with E-state index >= 15 is 0 Å². The monoisotopic (exact) mass is 522 g/mol. The van der Waals surface area contributed by atoms with E-state index in [1.165, 1.54) is 18.2 Å². The lowest BCUT2D eigenvalue weighted by atomic mass is 10.2. The quantitative estimate of drug-likeness (QED) is 0.425. The number of carbonyl (C=O) groups excluding carboxylic acids is 4. The molecule has 31 heavy (non-hydrogen) atoms. The summed E-state index contributed by atoms with van der Waals surface area (Å²) in [5.74, 6) is -1.76. The van der Waals surface area contributed by atoms with Gasteiger partial charge in [-0.05, 0) is 60.7 Å². The summed E-state index contributed by atoms with van der Waals surface area (Å²) in [6.07, 6.45) is 1.60. The van der Waals surface area contributed by atoms with E-state index in [1.54, 1.807) is 19.1 Å². The van der Waals surface area contributed by atoms with Gasteiger partial charge in [0.1, 0.15) is 6.54 Å². The average molecular weight is 524 g/mol. The van der Waals surface area contributed by atoms with Crippen molar-refractivity contribution < 1.29 is 23.9 Å². The number of anilines is 1. The van der Waals surface area contributed by atoms with Crippen molar-refractivity contribution >= 4 is 74.1 Å². The zero-order valence-corrected chi connectivity index (χ0v) is 19.3. The Hall–Kier alpha value is -2.62. The molecule has 10 heteroatoms. The third-order valence-corrected chi connectivity index (χ3v) is 5.80. The third kappa shape index (κ3) is 5.75. The third-order valence-electron chi connectivity index (χ3n) is 4.07. The number of thioether (sulfide) groups is 1. The van der Waals surface area contributed by atoms with Gasteiger partial charge in [0, 0.05) is 10.2 Å². The van der Waals surface area contributed by atoms with Crippen molar-refractivity contribution in [2.24, 2.45) is 0 Å². The van der Waals surface area contributed by atoms with Crippen molar-refractivity contribution in [1.29, 1.82) is 0 Å². The van der Waals surface area contributed by atoms with Gasteiger partial charge < -0.3 is 10.1 Å². The lowest BCUT2D eigenvalue weighted by Gasteiger charge is -2.13. The van der Waals surface area contributed by atoms with Crippen molar-refractivity contribution in [1.82, 2.24) is 4.90 Å². The van der Waals surface area contributed by atoms with Gasteiger partial charge in [0.05, 0.1) is 22.1 Å². The standard InChI is InChI=1S/C21H16BrClN2O5S/c1-2-30-20(28)15-10-14(6-7-16(15)23)24-18(26)11-25-19(27)17(31-21(25)29)9-12-4-3-5-13(22)8-12/h3-10H,2,11H2,1H3,(H,24,26)/b17-9+. The maximum atomic E-state index is 12.6. The van der Waals surface area contributed by atoms with Gasteiger partial charge in [0.25, 0.3) is 11.1 Å². The van der Waals surface area contributed by atoms with E-state index in [0.717, 1.165) is 26.7 Å². The molecule has 1 N–H and O–H groups in total. The minimum atomic E-state index is -0.618. The fourth-order valence-electron chi connectivity index (χ4n) is 2.70. The van der Waals surface area contributed by atoms with E-state index < -0.39 is 29.6 Å². The van der Waals surface area contributed by atoms with Gasteiger partial charge in [-0.3, -0.25) is 19.3 Å². The zero-order chi connectivity index (χ0) is 22.5. The van der Waals surface area contributed by atoms with Crippen LogP contribution in [0.1, 0.15) is 22.8 Å². The van der Waals surface area contributed by atoms with Crippen LogP contribution in [-0.4, -0.2) is 41.1 Å². The summed E-state index contributed by atoms with van der Waals surface area (Å²) in [7, 11) is 0. The maximum absolute atomic E-state index is 12.6. The van der Waals surface area contributed by atoms with Gasteiger partial charge in [-0.15, -0.1) is 0 Å². The van der Waals surface area contributed by atoms with E-state index in [0.29, 0.717) is 0 Å². The average Bonchev–Trinajstić information content (AvgIpc) is 2.97. The van der Waals surface area contributed by atoms with E-state index in [4.69, 9.17) is 16.3 Å². The molecule has 3 amide bonds. The minimum Gasteiger partial charge on any atom is -0.462 e. The molecule has 1 saturated heterocycles. The predicted molar refractivity (Wildman–Crippen MR) is 123 cm³/mol. The van der Waals surface area contributed by atoms with Crippen LogP contribution in [0.15, 0.2) is 51.8 Å². The number of esters is 1. The molecule has 0 aromatic heterocycles. The highest BCUT2D eigenvalue weighted by molar-refractivity contribution is 9.10. The summed E-state index contributed by atoms with van der Waals surface area (Å²) >= 11 is 10.1. The zero-order valence-electron chi connectivity index (χ0n) is 16.2. The van der Waals surface area contributed by atoms with Crippen molar-refractivity contribution in [3.8, 4) is 0 Å². The van der Waals surface area contributed by atoms with Crippen LogP contribution in [-0.2, 0) is 14.3 Å². The second-order valence-electron chi connectivity index (χ2n) is 6.29. The number of ether oxygens (including phenoxy) is 1. The molecule has 1 aliphatic rings. The number of nitrogens with zero attached hydrogens (tertiary/aromatic N) is 1. The molecule has 0 bridgehead atoms. The molecule has 1 aliphatic heterocycles. The van der Waals surface area contributed by atoms with Crippen LogP contribution in [0.3, 0.4) is 0 Å². The van der Waals surface area contributed by atoms with Crippen LogP contribution in [0.25, 0.3) is 6.08 Å². The normalized spacial score (nSPS) is 14.8. The largest absolute Gasteiger partial charge is 0.462 e. The molecule has 0 aliphatic carbocycles. The molecule has 2 aromatic carbocycles. The number of rotatable bonds is 6. The molecule has 160 valence electrons. The number of imide groups is 1. The van der Waals surface area contributed by atoms with Crippen LogP contribution < -0.4 is 5.32 Å². The molecule has 0 atom stereocenters. The molecular formula is C21H16BrClN2O5S. The smallest absolute Gasteiger partial charge is 0.339 e. The lowest BCUT2D eigenvalue weighted by molar-refractivity contribution is -0.127. The highest BCUT2D eigenvalue weighted by Gasteiger charge is 2.36. The fraction of sp³-hybridized carbons (Fsp3) is 0.143. The Morgan fingerprint density at radius 2 is 2.00 bits per heavy atom. The molecule has 3 rings (SSSR count). The van der Waals surface area contributed by atoms with Gasteiger partial charge in [-0.1, -0.05) is 39.7 Å². The summed E-state index contributed by atoms with van der Waals surface area (Å²) in [4.78, 5) is 50.3. The first-order chi connectivity index (χ1) is 14.8. The second-order valence-corrected chi connectivity index (χ2v) is 8.60. The molecule has 0 radical (unpaired) electrons. The maximum Gasteiger partial charge on any atom is 0.339 e. The van der Waals surface area contributed by atoms with E-state index in [1.807, 2.05) is 18.2 Å². The van der Waals surface area contributed by atoms with E-state index in [2.05, 4.69) is 21.2 Å². The minimum absolute atomic E-state index is 0.101. The molecule has 1 fully saturated rings. The summed E-state index contributed by atoms with van der Waals surface area (Å²) in [5.41, 5.74) is 1.13. The van der Waals surface area contributed by atoms with Crippen LogP contribution in [0.5, 0.6) is 0 Å². The Morgan fingerprint density at radius 3 is 2.71 bits per heavy atom. The number of hydrogen-bond acceptors (Lipinski definition) is 6. The number of halogens is 2. The van der Waals surface area contributed by atoms with Gasteiger partial charge in [0.15, 0.2) is 0 Å². The first-order valence-corrected chi connectivity index (χ1v) is 11.0. The van der Waals surface area contributed by atoms with Crippen molar-refractivity contribution in [2.75, 3.05) is 18.5 Å². The molecular weight excluding hydrogens is 508 g/mol. The van der Waals surface area contributed by atoms with Crippen molar-refractivity contribution in [2.45, 2.75) is 6.92 Å². The highest BCUT2D eigenvalue weighted by atomic mass is 79.9. The predicted octanol–water partition coefficient (Wildman–Crippen LogP) is 4.95. The molecule has 0 unspecified atom stereocenters. The van der Waals surface area contributed by atoms with Crippen molar-refractivity contribution in [3.05, 3.63) is 68.0 Å². The fourth-order valence-corrected chi connectivity index (χ4v) is 4.15. The molecule has 1 heterocycles. The summed E-state index contributed by atoms with van der Waals surface area (Å²) in [6.45, 7) is 1.38. The van der Waals surface area contributed by atoms with Crippen LogP contribution in [0.4, 0.5) is 10.5 Å². The highest BCUT2D eigenvalue weighted by Crippen LogP contribution is 2.32. The van der Waals surface area contributed by atoms with Crippen molar-refractivity contribution in [3.63, 3.8) is 0 Å². The SMILES string of the molecule is CCOC(=O)c1cc(NC(=O)CN2C(=O)S/C(=C/c3cccc(Br)c3)C2=O)ccc1Cl. The number of hydrogen-bond donors (Lipinski definition) is 1. The first kappa shape index (κ1) is 23.1. The summed E-state index contributed by atoms with van der Waals surface area (Å²) in [5, 5.41) is 2.20.